The first-order valence-corrected chi connectivity index (χ1v) is 14.8. The lowest BCUT2D eigenvalue weighted by atomic mass is 10.0. The van der Waals surface area contributed by atoms with E-state index in [1.54, 1.807) is 0 Å². The Morgan fingerprint density at radius 1 is 0.419 bits per heavy atom. The normalized spacial score (nSPS) is 11.4. The lowest BCUT2D eigenvalue weighted by Crippen LogP contribution is -2.08. The highest BCUT2D eigenvalue weighted by Gasteiger charge is 2.16. The van der Waals surface area contributed by atoms with Crippen LogP contribution in [0.2, 0.25) is 0 Å². The maximum absolute atomic E-state index is 2.42. The molecule has 0 aliphatic rings. The number of hydrogen-bond donors (Lipinski definition) is 0. The van der Waals surface area contributed by atoms with Crippen molar-refractivity contribution in [3.05, 3.63) is 164 Å². The van der Waals surface area contributed by atoms with Gasteiger partial charge in [0.25, 0.3) is 0 Å². The molecule has 0 bridgehead atoms. The van der Waals surface area contributed by atoms with Crippen LogP contribution in [-0.4, -0.2) is 11.6 Å². The highest BCUT2D eigenvalue weighted by atomic mass is 15.1. The van der Waals surface area contributed by atoms with E-state index >= 15 is 0 Å². The van der Waals surface area contributed by atoms with E-state index in [0.717, 1.165) is 11.4 Å². The van der Waals surface area contributed by atoms with E-state index in [1.807, 2.05) is 0 Å². The molecule has 0 unspecified atom stereocenters. The van der Waals surface area contributed by atoms with Gasteiger partial charge in [-0.25, -0.2) is 0 Å². The highest BCUT2D eigenvalue weighted by Crippen LogP contribution is 2.39. The summed E-state index contributed by atoms with van der Waals surface area (Å²) >= 11 is 0. The fraction of sp³-hybridized carbons (Fsp3) is 0.0244. The Hall–Kier alpha value is -5.60. The smallest absolute Gasteiger partial charge is 0.0547 e. The summed E-state index contributed by atoms with van der Waals surface area (Å²) in [7, 11) is 2.11. The molecule has 1 aromatic heterocycles. The summed E-state index contributed by atoms with van der Waals surface area (Å²) in [4.78, 5) is 2.22. The Labute approximate surface area is 251 Å². The number of fused-ring (bicyclic) bond motifs is 5. The first kappa shape index (κ1) is 25.1. The SMILES string of the molecule is CN(c1ccccc1)c1ccc(-c2ccc3c4c5ccccc5ccc4n(-c4ccc(-c5ccccc5)cc4)c3c2)cc1. The van der Waals surface area contributed by atoms with Gasteiger partial charge in [0, 0.05) is 34.9 Å². The Balaban J connectivity index is 1.28. The minimum atomic E-state index is 1.16. The number of benzene rings is 7. The zero-order valence-corrected chi connectivity index (χ0v) is 24.0. The number of anilines is 2. The summed E-state index contributed by atoms with van der Waals surface area (Å²) in [6, 6.07) is 59.0. The molecule has 0 fully saturated rings. The molecule has 0 saturated heterocycles. The highest BCUT2D eigenvalue weighted by molar-refractivity contribution is 6.21. The molecule has 2 heteroatoms. The molecule has 204 valence electrons. The molecule has 0 N–H and O–H groups in total. The summed E-state index contributed by atoms with van der Waals surface area (Å²) in [5, 5.41) is 5.11. The average molecular weight is 551 g/mol. The molecule has 8 aromatic rings. The van der Waals surface area contributed by atoms with Gasteiger partial charge in [0.05, 0.1) is 11.0 Å². The molecule has 1 heterocycles. The van der Waals surface area contributed by atoms with Crippen LogP contribution in [0.25, 0.3) is 60.5 Å². The number of para-hydroxylation sites is 1. The van der Waals surface area contributed by atoms with Crippen molar-refractivity contribution in [3.8, 4) is 27.9 Å². The molecule has 0 radical (unpaired) electrons. The van der Waals surface area contributed by atoms with Gasteiger partial charge in [0.1, 0.15) is 0 Å². The van der Waals surface area contributed by atoms with Crippen molar-refractivity contribution in [1.29, 1.82) is 0 Å². The van der Waals surface area contributed by atoms with Crippen LogP contribution in [0.3, 0.4) is 0 Å². The van der Waals surface area contributed by atoms with Crippen LogP contribution in [0.5, 0.6) is 0 Å². The van der Waals surface area contributed by atoms with Crippen LogP contribution in [0.4, 0.5) is 11.4 Å². The van der Waals surface area contributed by atoms with E-state index in [4.69, 9.17) is 0 Å². The topological polar surface area (TPSA) is 8.17 Å². The van der Waals surface area contributed by atoms with Crippen molar-refractivity contribution >= 4 is 44.0 Å². The third-order valence-electron chi connectivity index (χ3n) is 8.62. The lowest BCUT2D eigenvalue weighted by molar-refractivity contribution is 1.18. The first-order chi connectivity index (χ1) is 21.2. The van der Waals surface area contributed by atoms with Crippen LogP contribution in [-0.2, 0) is 0 Å². The lowest BCUT2D eigenvalue weighted by Gasteiger charge is -2.19. The summed E-state index contributed by atoms with van der Waals surface area (Å²) < 4.78 is 2.42. The third-order valence-corrected chi connectivity index (χ3v) is 8.62. The Morgan fingerprint density at radius 2 is 1.00 bits per heavy atom. The fourth-order valence-corrected chi connectivity index (χ4v) is 6.36. The summed E-state index contributed by atoms with van der Waals surface area (Å²) in [5.74, 6) is 0. The maximum Gasteiger partial charge on any atom is 0.0547 e. The minimum Gasteiger partial charge on any atom is -0.345 e. The minimum absolute atomic E-state index is 1.16. The van der Waals surface area contributed by atoms with Gasteiger partial charge < -0.3 is 9.47 Å². The van der Waals surface area contributed by atoms with E-state index in [1.165, 1.54) is 60.5 Å². The Kier molecular flexibility index (Phi) is 6.05. The zero-order valence-electron chi connectivity index (χ0n) is 24.0. The Bertz CT molecular complexity index is 2210. The van der Waals surface area contributed by atoms with Crippen LogP contribution in [0, 0.1) is 0 Å². The summed E-state index contributed by atoms with van der Waals surface area (Å²) in [6.07, 6.45) is 0. The molecule has 0 aliphatic heterocycles. The summed E-state index contributed by atoms with van der Waals surface area (Å²) in [6.45, 7) is 0. The first-order valence-electron chi connectivity index (χ1n) is 14.8. The second-order valence-electron chi connectivity index (χ2n) is 11.1. The molecule has 0 amide bonds. The molecule has 7 aromatic carbocycles. The van der Waals surface area contributed by atoms with Gasteiger partial charge >= 0.3 is 0 Å². The number of rotatable bonds is 5. The average Bonchev–Trinajstić information content (AvgIpc) is 3.43. The third kappa shape index (κ3) is 4.36. The zero-order chi connectivity index (χ0) is 28.8. The van der Waals surface area contributed by atoms with E-state index in [2.05, 4.69) is 180 Å². The number of hydrogen-bond acceptors (Lipinski definition) is 1. The van der Waals surface area contributed by atoms with Gasteiger partial charge in [-0.1, -0.05) is 115 Å². The predicted molar refractivity (Wildman–Crippen MR) is 184 cm³/mol. The molecular weight excluding hydrogens is 520 g/mol. The van der Waals surface area contributed by atoms with Crippen LogP contribution in [0.15, 0.2) is 164 Å². The fourth-order valence-electron chi connectivity index (χ4n) is 6.36. The molecule has 0 spiro atoms. The largest absolute Gasteiger partial charge is 0.345 e. The monoisotopic (exact) mass is 550 g/mol. The molecule has 8 rings (SSSR count). The van der Waals surface area contributed by atoms with Gasteiger partial charge in [-0.2, -0.15) is 0 Å². The Morgan fingerprint density at radius 3 is 1.77 bits per heavy atom. The molecule has 2 nitrogen and oxygen atoms in total. The number of aromatic nitrogens is 1. The van der Waals surface area contributed by atoms with Crippen LogP contribution < -0.4 is 4.90 Å². The van der Waals surface area contributed by atoms with Crippen molar-refractivity contribution in [2.75, 3.05) is 11.9 Å². The van der Waals surface area contributed by atoms with Crippen molar-refractivity contribution in [3.63, 3.8) is 0 Å². The molecular formula is C41H30N2. The van der Waals surface area contributed by atoms with Crippen LogP contribution >= 0.6 is 0 Å². The van der Waals surface area contributed by atoms with Crippen LogP contribution in [0.1, 0.15) is 0 Å². The van der Waals surface area contributed by atoms with Gasteiger partial charge in [0.2, 0.25) is 0 Å². The van der Waals surface area contributed by atoms with E-state index < -0.39 is 0 Å². The molecule has 0 saturated carbocycles. The van der Waals surface area contributed by atoms with E-state index in [-0.39, 0.29) is 0 Å². The molecule has 0 aliphatic carbocycles. The standard InChI is InChI=1S/C41H30N2/c1-42(34-13-6-3-7-14-34)35-22-16-31(17-23-35)33-20-26-38-40(28-33)43(39-27-21-32-12-8-9-15-37(32)41(38)39)36-24-18-30(19-25-36)29-10-4-2-5-11-29/h2-28H,1H3. The van der Waals surface area contributed by atoms with Crippen molar-refractivity contribution in [1.82, 2.24) is 4.57 Å². The molecule has 0 atom stereocenters. The maximum atomic E-state index is 2.42. The van der Waals surface area contributed by atoms with Gasteiger partial charge in [-0.15, -0.1) is 0 Å². The quantitative estimate of drug-likeness (QED) is 0.207. The second-order valence-corrected chi connectivity index (χ2v) is 11.1. The van der Waals surface area contributed by atoms with Crippen molar-refractivity contribution in [2.45, 2.75) is 0 Å². The number of nitrogens with zero attached hydrogens (tertiary/aromatic N) is 2. The van der Waals surface area contributed by atoms with E-state index in [0.29, 0.717) is 0 Å². The summed E-state index contributed by atoms with van der Waals surface area (Å²) in [5.41, 5.74) is 10.8. The van der Waals surface area contributed by atoms with E-state index in [9.17, 15) is 0 Å². The predicted octanol–water partition coefficient (Wildman–Crippen LogP) is 11.0. The molecule has 43 heavy (non-hydrogen) atoms. The van der Waals surface area contributed by atoms with Crippen molar-refractivity contribution < 1.29 is 0 Å². The van der Waals surface area contributed by atoms with Gasteiger partial charge in [0.15, 0.2) is 0 Å². The van der Waals surface area contributed by atoms with Gasteiger partial charge in [-0.05, 0) is 81.6 Å². The second kappa shape index (κ2) is 10.3. The van der Waals surface area contributed by atoms with Crippen molar-refractivity contribution in [2.24, 2.45) is 0 Å². The van der Waals surface area contributed by atoms with Gasteiger partial charge in [-0.3, -0.25) is 0 Å².